The summed E-state index contributed by atoms with van der Waals surface area (Å²) in [5, 5.41) is 5.94. The van der Waals surface area contributed by atoms with Crippen LogP contribution in [-0.4, -0.2) is 9.97 Å². The van der Waals surface area contributed by atoms with Gasteiger partial charge in [-0.15, -0.1) is 0 Å². The third-order valence-corrected chi connectivity index (χ3v) is 7.45. The summed E-state index contributed by atoms with van der Waals surface area (Å²) >= 11 is 0. The third kappa shape index (κ3) is 4.15. The highest BCUT2D eigenvalue weighted by Crippen LogP contribution is 2.41. The Morgan fingerprint density at radius 2 is 1.47 bits per heavy atom. The Morgan fingerprint density at radius 1 is 0.711 bits per heavy atom. The van der Waals surface area contributed by atoms with Gasteiger partial charge in [-0.25, -0.2) is 9.97 Å². The SMILES string of the molecule is Cc1ccc2cc(-c3nc(C)nc4c3oc3c5cccc(CC(C)(C)C)c5ccc43)cc(C(C)(C)C)c2c1. The van der Waals surface area contributed by atoms with Crippen molar-refractivity contribution in [1.29, 1.82) is 0 Å². The first-order valence-electron chi connectivity index (χ1n) is 13.6. The standard InChI is InChI=1S/C35H36N2O/c1-20-12-13-22-17-24(18-29(28(22)16-20)35(6,7)8)30-33-31(37-21(2)36-30)27-15-14-25-23(19-34(3,4)5)10-9-11-26(25)32(27)38-33/h9-18H,19H2,1-8H3. The van der Waals surface area contributed by atoms with Gasteiger partial charge >= 0.3 is 0 Å². The largest absolute Gasteiger partial charge is 0.451 e. The number of aryl methyl sites for hydroxylation is 2. The Morgan fingerprint density at radius 3 is 2.21 bits per heavy atom. The first kappa shape index (κ1) is 24.6. The van der Waals surface area contributed by atoms with Crippen LogP contribution in [0.25, 0.3) is 54.9 Å². The summed E-state index contributed by atoms with van der Waals surface area (Å²) in [7, 11) is 0. The van der Waals surface area contributed by atoms with Crippen LogP contribution >= 0.6 is 0 Å². The first-order valence-corrected chi connectivity index (χ1v) is 13.6. The summed E-state index contributed by atoms with van der Waals surface area (Å²) in [4.78, 5) is 9.83. The van der Waals surface area contributed by atoms with Crippen LogP contribution in [0.2, 0.25) is 0 Å². The number of hydrogen-bond acceptors (Lipinski definition) is 3. The molecule has 0 saturated carbocycles. The molecule has 0 N–H and O–H groups in total. The molecular formula is C35H36N2O. The smallest absolute Gasteiger partial charge is 0.180 e. The van der Waals surface area contributed by atoms with E-state index in [0.717, 1.165) is 51.0 Å². The molecule has 0 fully saturated rings. The molecule has 0 aliphatic rings. The lowest BCUT2D eigenvalue weighted by atomic mass is 9.82. The maximum atomic E-state index is 6.72. The number of furan rings is 1. The van der Waals surface area contributed by atoms with Crippen molar-refractivity contribution in [2.45, 2.75) is 67.2 Å². The van der Waals surface area contributed by atoms with Gasteiger partial charge in [0.05, 0.1) is 0 Å². The highest BCUT2D eigenvalue weighted by Gasteiger charge is 2.23. The summed E-state index contributed by atoms with van der Waals surface area (Å²) in [6.45, 7) is 17.8. The number of nitrogens with zero attached hydrogens (tertiary/aromatic N) is 2. The molecule has 2 aromatic heterocycles. The minimum absolute atomic E-state index is 0.0171. The fourth-order valence-corrected chi connectivity index (χ4v) is 5.79. The number of hydrogen-bond donors (Lipinski definition) is 0. The molecule has 0 spiro atoms. The molecule has 0 atom stereocenters. The third-order valence-electron chi connectivity index (χ3n) is 7.45. The number of aromatic nitrogens is 2. The van der Waals surface area contributed by atoms with Crippen molar-refractivity contribution in [1.82, 2.24) is 9.97 Å². The molecule has 0 saturated heterocycles. The van der Waals surface area contributed by atoms with E-state index in [0.29, 0.717) is 0 Å². The van der Waals surface area contributed by atoms with Crippen LogP contribution in [0.1, 0.15) is 64.1 Å². The normalized spacial score (nSPS) is 12.8. The number of benzene rings is 4. The van der Waals surface area contributed by atoms with Crippen LogP contribution in [0.5, 0.6) is 0 Å². The van der Waals surface area contributed by atoms with E-state index in [-0.39, 0.29) is 10.8 Å². The molecule has 0 unspecified atom stereocenters. The van der Waals surface area contributed by atoms with Gasteiger partial charge in [0.2, 0.25) is 0 Å². The van der Waals surface area contributed by atoms with Gasteiger partial charge in [0.25, 0.3) is 0 Å². The summed E-state index contributed by atoms with van der Waals surface area (Å²) in [5.41, 5.74) is 8.56. The van der Waals surface area contributed by atoms with Crippen LogP contribution in [0.3, 0.4) is 0 Å². The number of rotatable bonds is 2. The maximum absolute atomic E-state index is 6.72. The Hall–Kier alpha value is -3.72. The summed E-state index contributed by atoms with van der Waals surface area (Å²) in [6, 6.07) is 22.2. The van der Waals surface area contributed by atoms with Gasteiger partial charge < -0.3 is 4.42 Å². The zero-order chi connectivity index (χ0) is 27.0. The van der Waals surface area contributed by atoms with E-state index in [4.69, 9.17) is 14.4 Å². The van der Waals surface area contributed by atoms with Crippen LogP contribution < -0.4 is 0 Å². The van der Waals surface area contributed by atoms with Crippen LogP contribution in [0.15, 0.2) is 65.1 Å². The minimum atomic E-state index is -0.0171. The van der Waals surface area contributed by atoms with Crippen molar-refractivity contribution in [3.05, 3.63) is 83.2 Å². The lowest BCUT2D eigenvalue weighted by Crippen LogP contribution is -2.12. The van der Waals surface area contributed by atoms with Gasteiger partial charge in [0, 0.05) is 16.3 Å². The molecule has 0 bridgehead atoms. The Bertz CT molecular complexity index is 1880. The van der Waals surface area contributed by atoms with E-state index < -0.39 is 0 Å². The summed E-state index contributed by atoms with van der Waals surface area (Å²) in [5.74, 6) is 0.748. The van der Waals surface area contributed by atoms with E-state index in [1.54, 1.807) is 0 Å². The molecule has 2 heterocycles. The van der Waals surface area contributed by atoms with Crippen molar-refractivity contribution < 1.29 is 4.42 Å². The molecule has 0 aliphatic heterocycles. The highest BCUT2D eigenvalue weighted by atomic mass is 16.3. The molecule has 0 amide bonds. The zero-order valence-corrected chi connectivity index (χ0v) is 23.8. The average molecular weight is 501 g/mol. The molecule has 38 heavy (non-hydrogen) atoms. The first-order chi connectivity index (χ1) is 17.9. The molecule has 0 radical (unpaired) electrons. The van der Waals surface area contributed by atoms with Crippen LogP contribution in [-0.2, 0) is 11.8 Å². The van der Waals surface area contributed by atoms with E-state index in [1.165, 1.54) is 32.8 Å². The lowest BCUT2D eigenvalue weighted by Gasteiger charge is -2.23. The second kappa shape index (κ2) is 8.39. The minimum Gasteiger partial charge on any atom is -0.451 e. The van der Waals surface area contributed by atoms with Gasteiger partial charge in [-0.3, -0.25) is 0 Å². The summed E-state index contributed by atoms with van der Waals surface area (Å²) in [6.07, 6.45) is 1.01. The fraction of sp³-hybridized carbons (Fsp3) is 0.314. The predicted molar refractivity (Wildman–Crippen MR) is 161 cm³/mol. The van der Waals surface area contributed by atoms with Crippen LogP contribution in [0, 0.1) is 19.3 Å². The lowest BCUT2D eigenvalue weighted by molar-refractivity contribution is 0.412. The average Bonchev–Trinajstić information content (AvgIpc) is 3.20. The molecular weight excluding hydrogens is 464 g/mol. The van der Waals surface area contributed by atoms with Crippen molar-refractivity contribution in [2.75, 3.05) is 0 Å². The maximum Gasteiger partial charge on any atom is 0.180 e. The van der Waals surface area contributed by atoms with E-state index >= 15 is 0 Å². The fourth-order valence-electron chi connectivity index (χ4n) is 5.79. The molecule has 4 aromatic carbocycles. The Balaban J connectivity index is 1.66. The Labute approximate surface area is 224 Å². The van der Waals surface area contributed by atoms with Crippen molar-refractivity contribution in [2.24, 2.45) is 5.41 Å². The second-order valence-corrected chi connectivity index (χ2v) is 13.1. The van der Waals surface area contributed by atoms with Gasteiger partial charge in [-0.2, -0.15) is 0 Å². The number of fused-ring (bicyclic) bond motifs is 6. The molecule has 6 rings (SSSR count). The van der Waals surface area contributed by atoms with E-state index in [9.17, 15) is 0 Å². The molecule has 192 valence electrons. The molecule has 3 heteroatoms. The summed E-state index contributed by atoms with van der Waals surface area (Å²) < 4.78 is 6.72. The van der Waals surface area contributed by atoms with Gasteiger partial charge in [0.15, 0.2) is 5.58 Å². The quantitative estimate of drug-likeness (QED) is 0.237. The van der Waals surface area contributed by atoms with E-state index in [1.807, 2.05) is 6.92 Å². The van der Waals surface area contributed by atoms with Gasteiger partial charge in [-0.1, -0.05) is 89.6 Å². The predicted octanol–water partition coefficient (Wildman–Crippen LogP) is 9.85. The Kier molecular flexibility index (Phi) is 5.43. The topological polar surface area (TPSA) is 38.9 Å². The van der Waals surface area contributed by atoms with Crippen molar-refractivity contribution >= 4 is 43.6 Å². The van der Waals surface area contributed by atoms with Gasteiger partial charge in [0.1, 0.15) is 22.6 Å². The van der Waals surface area contributed by atoms with E-state index in [2.05, 4.69) is 109 Å². The monoisotopic (exact) mass is 500 g/mol. The van der Waals surface area contributed by atoms with Crippen LogP contribution in [0.4, 0.5) is 0 Å². The molecule has 0 aliphatic carbocycles. The molecule has 3 nitrogen and oxygen atoms in total. The zero-order valence-electron chi connectivity index (χ0n) is 23.8. The highest BCUT2D eigenvalue weighted by molar-refractivity contribution is 6.16. The van der Waals surface area contributed by atoms with Crippen molar-refractivity contribution in [3.8, 4) is 11.3 Å². The van der Waals surface area contributed by atoms with Gasteiger partial charge in [-0.05, 0) is 76.6 Å². The van der Waals surface area contributed by atoms with Crippen molar-refractivity contribution in [3.63, 3.8) is 0 Å². The second-order valence-electron chi connectivity index (χ2n) is 13.1. The molecule has 6 aromatic rings.